The maximum atomic E-state index is 13.3. The summed E-state index contributed by atoms with van der Waals surface area (Å²) in [6.45, 7) is 2.19. The molecule has 124 valence electrons. The summed E-state index contributed by atoms with van der Waals surface area (Å²) < 4.78 is 18.2. The molecule has 0 aliphatic carbocycles. The predicted molar refractivity (Wildman–Crippen MR) is 81.9 cm³/mol. The second-order valence-corrected chi connectivity index (χ2v) is 6.39. The van der Waals surface area contributed by atoms with E-state index in [9.17, 15) is 14.0 Å². The Morgan fingerprint density at radius 3 is 2.87 bits per heavy atom. The van der Waals surface area contributed by atoms with Gasteiger partial charge in [0.15, 0.2) is 0 Å². The van der Waals surface area contributed by atoms with Crippen LogP contribution < -0.4 is 0 Å². The highest BCUT2D eigenvalue weighted by atomic mass is 19.1. The minimum Gasteiger partial charge on any atom is -0.375 e. The maximum absolute atomic E-state index is 13.3. The fraction of sp³-hybridized carbons (Fsp3) is 0.529. The largest absolute Gasteiger partial charge is 0.375 e. The van der Waals surface area contributed by atoms with Crippen LogP contribution in [0.5, 0.6) is 0 Å². The van der Waals surface area contributed by atoms with Gasteiger partial charge >= 0.3 is 0 Å². The highest BCUT2D eigenvalue weighted by Crippen LogP contribution is 2.41. The van der Waals surface area contributed by atoms with Gasteiger partial charge in [0.05, 0.1) is 5.41 Å². The molecule has 1 aromatic rings. The molecule has 1 aromatic carbocycles. The molecule has 0 unspecified atom stereocenters. The molecule has 2 amide bonds. The van der Waals surface area contributed by atoms with Crippen LogP contribution in [0.2, 0.25) is 0 Å². The quantitative estimate of drug-likeness (QED) is 0.843. The second-order valence-electron chi connectivity index (χ2n) is 6.39. The molecule has 2 aliphatic rings. The van der Waals surface area contributed by atoms with E-state index >= 15 is 0 Å². The minimum atomic E-state index is -0.462. The number of halogens is 1. The number of methoxy groups -OCH3 is 1. The Labute approximate surface area is 135 Å². The smallest absolute Gasteiger partial charge is 0.248 e. The molecule has 1 atom stereocenters. The van der Waals surface area contributed by atoms with Crippen LogP contribution in [-0.4, -0.2) is 55.0 Å². The number of likely N-dealkylation sites (tertiary alicyclic amines) is 2. The van der Waals surface area contributed by atoms with E-state index in [1.54, 1.807) is 15.9 Å². The van der Waals surface area contributed by atoms with Crippen LogP contribution >= 0.6 is 0 Å². The summed E-state index contributed by atoms with van der Waals surface area (Å²) in [6, 6.07) is 6.33. The summed E-state index contributed by atoms with van der Waals surface area (Å²) in [6.07, 6.45) is 1.44. The lowest BCUT2D eigenvalue weighted by Gasteiger charge is -2.23. The summed E-state index contributed by atoms with van der Waals surface area (Å²) in [4.78, 5) is 28.2. The topological polar surface area (TPSA) is 49.9 Å². The van der Waals surface area contributed by atoms with Gasteiger partial charge in [0.2, 0.25) is 11.8 Å². The molecule has 2 saturated heterocycles. The lowest BCUT2D eigenvalue weighted by Crippen LogP contribution is -2.39. The van der Waals surface area contributed by atoms with Crippen molar-refractivity contribution in [1.29, 1.82) is 0 Å². The van der Waals surface area contributed by atoms with E-state index in [1.165, 1.54) is 19.2 Å². The number of rotatable bonds is 4. The molecule has 0 saturated carbocycles. The van der Waals surface area contributed by atoms with Crippen molar-refractivity contribution >= 4 is 11.8 Å². The number of hydrogen-bond acceptors (Lipinski definition) is 3. The number of benzene rings is 1. The Morgan fingerprint density at radius 2 is 2.13 bits per heavy atom. The Hall–Kier alpha value is -1.95. The number of amides is 2. The summed E-state index contributed by atoms with van der Waals surface area (Å²) in [5.41, 5.74) is 0.331. The van der Waals surface area contributed by atoms with E-state index in [-0.39, 0.29) is 24.2 Å². The molecular formula is C17H21FN2O3. The Morgan fingerprint density at radius 1 is 1.35 bits per heavy atom. The third kappa shape index (κ3) is 3.08. The SMILES string of the molecule is COCC(=O)N1CC[C@@]2(CCN(Cc3cccc(F)c3)C2=O)C1. The second kappa shape index (κ2) is 6.28. The van der Waals surface area contributed by atoms with Crippen molar-refractivity contribution in [3.8, 4) is 0 Å². The van der Waals surface area contributed by atoms with Crippen LogP contribution in [0.3, 0.4) is 0 Å². The first-order chi connectivity index (χ1) is 11.0. The van der Waals surface area contributed by atoms with Crippen LogP contribution in [0.15, 0.2) is 24.3 Å². The lowest BCUT2D eigenvalue weighted by molar-refractivity contribution is -0.137. The molecule has 2 fully saturated rings. The average Bonchev–Trinajstić information content (AvgIpc) is 3.08. The first-order valence-electron chi connectivity index (χ1n) is 7.85. The average molecular weight is 320 g/mol. The van der Waals surface area contributed by atoms with Gasteiger partial charge in [-0.3, -0.25) is 9.59 Å². The maximum Gasteiger partial charge on any atom is 0.248 e. The zero-order valence-corrected chi connectivity index (χ0v) is 13.3. The normalized spacial score (nSPS) is 24.0. The Kier molecular flexibility index (Phi) is 4.35. The van der Waals surface area contributed by atoms with Crippen molar-refractivity contribution in [1.82, 2.24) is 9.80 Å². The summed E-state index contributed by atoms with van der Waals surface area (Å²) in [7, 11) is 1.49. The first-order valence-corrected chi connectivity index (χ1v) is 7.85. The van der Waals surface area contributed by atoms with Gasteiger partial charge in [-0.25, -0.2) is 4.39 Å². The van der Waals surface area contributed by atoms with Gasteiger partial charge in [-0.2, -0.15) is 0 Å². The Balaban J connectivity index is 1.66. The summed E-state index contributed by atoms with van der Waals surface area (Å²) in [5, 5.41) is 0. The molecule has 5 nitrogen and oxygen atoms in total. The van der Waals surface area contributed by atoms with E-state index in [2.05, 4.69) is 0 Å². The van der Waals surface area contributed by atoms with E-state index in [0.717, 1.165) is 12.0 Å². The van der Waals surface area contributed by atoms with Gasteiger partial charge < -0.3 is 14.5 Å². The van der Waals surface area contributed by atoms with Gasteiger partial charge in [0, 0.05) is 33.3 Å². The predicted octanol–water partition coefficient (Wildman–Crippen LogP) is 1.42. The van der Waals surface area contributed by atoms with Crippen molar-refractivity contribution in [2.24, 2.45) is 5.41 Å². The van der Waals surface area contributed by atoms with Gasteiger partial charge in [0.25, 0.3) is 0 Å². The van der Waals surface area contributed by atoms with Gasteiger partial charge in [-0.15, -0.1) is 0 Å². The zero-order valence-electron chi connectivity index (χ0n) is 13.3. The minimum absolute atomic E-state index is 0.0529. The van der Waals surface area contributed by atoms with E-state index in [0.29, 0.717) is 32.6 Å². The van der Waals surface area contributed by atoms with Gasteiger partial charge in [-0.05, 0) is 30.5 Å². The molecule has 1 spiro atoms. The van der Waals surface area contributed by atoms with Crippen molar-refractivity contribution in [3.05, 3.63) is 35.6 Å². The molecule has 6 heteroatoms. The zero-order chi connectivity index (χ0) is 16.4. The summed E-state index contributed by atoms with van der Waals surface area (Å²) in [5.74, 6) is -0.281. The highest BCUT2D eigenvalue weighted by molar-refractivity contribution is 5.87. The van der Waals surface area contributed by atoms with Crippen LogP contribution in [0.4, 0.5) is 4.39 Å². The monoisotopic (exact) mass is 320 g/mol. The molecule has 0 bridgehead atoms. The molecule has 2 aliphatic heterocycles. The summed E-state index contributed by atoms with van der Waals surface area (Å²) >= 11 is 0. The van der Waals surface area contributed by atoms with E-state index < -0.39 is 5.41 Å². The molecule has 23 heavy (non-hydrogen) atoms. The lowest BCUT2D eigenvalue weighted by atomic mass is 9.85. The van der Waals surface area contributed by atoms with E-state index in [4.69, 9.17) is 4.74 Å². The number of nitrogens with zero attached hydrogens (tertiary/aromatic N) is 2. The molecule has 3 rings (SSSR count). The number of carbonyl (C=O) groups excluding carboxylic acids is 2. The number of hydrogen-bond donors (Lipinski definition) is 0. The van der Waals surface area contributed by atoms with Crippen LogP contribution in [-0.2, 0) is 20.9 Å². The van der Waals surface area contributed by atoms with Crippen molar-refractivity contribution in [2.75, 3.05) is 33.4 Å². The highest BCUT2D eigenvalue weighted by Gasteiger charge is 2.51. The van der Waals surface area contributed by atoms with Crippen LogP contribution in [0.1, 0.15) is 18.4 Å². The Bertz CT molecular complexity index is 622. The fourth-order valence-electron chi connectivity index (χ4n) is 3.58. The van der Waals surface area contributed by atoms with Crippen LogP contribution in [0, 0.1) is 11.2 Å². The van der Waals surface area contributed by atoms with E-state index in [1.807, 2.05) is 6.07 Å². The number of ether oxygens (including phenoxy) is 1. The van der Waals surface area contributed by atoms with Gasteiger partial charge in [0.1, 0.15) is 12.4 Å². The third-order valence-corrected chi connectivity index (χ3v) is 4.84. The molecular weight excluding hydrogens is 299 g/mol. The molecule has 0 radical (unpaired) electrons. The third-order valence-electron chi connectivity index (χ3n) is 4.84. The first kappa shape index (κ1) is 15.9. The molecule has 0 N–H and O–H groups in total. The fourth-order valence-corrected chi connectivity index (χ4v) is 3.58. The molecule has 2 heterocycles. The van der Waals surface area contributed by atoms with Crippen LogP contribution in [0.25, 0.3) is 0 Å². The van der Waals surface area contributed by atoms with Crippen molar-refractivity contribution in [2.45, 2.75) is 19.4 Å². The van der Waals surface area contributed by atoms with Crippen molar-refractivity contribution in [3.63, 3.8) is 0 Å². The standard InChI is InChI=1S/C17H21FN2O3/c1-23-11-15(21)20-8-6-17(12-20)5-7-19(16(17)22)10-13-3-2-4-14(18)9-13/h2-4,9H,5-8,10-12H2,1H3/t17-/m0/s1. The van der Waals surface area contributed by atoms with Crippen molar-refractivity contribution < 1.29 is 18.7 Å². The molecule has 0 aromatic heterocycles. The van der Waals surface area contributed by atoms with Gasteiger partial charge in [-0.1, -0.05) is 12.1 Å². The number of carbonyl (C=O) groups is 2.